The molecule has 0 atom stereocenters. The maximum atomic E-state index is 11.4. The first-order valence-electron chi connectivity index (χ1n) is 6.66. The fraction of sp³-hybridized carbons (Fsp3) is 0.250. The monoisotopic (exact) mass is 305 g/mol. The van der Waals surface area contributed by atoms with Crippen LogP contribution in [0, 0.1) is 0 Å². The van der Waals surface area contributed by atoms with Gasteiger partial charge in [0.2, 0.25) is 0 Å². The van der Waals surface area contributed by atoms with Crippen LogP contribution >= 0.6 is 0 Å². The lowest BCUT2D eigenvalue weighted by Crippen LogP contribution is -2.05. The Labute approximate surface area is 125 Å². The topological polar surface area (TPSA) is 55.4 Å². The highest BCUT2D eigenvalue weighted by atomic mass is 32.2. The largest absolute Gasteiger partial charge is 0.497 e. The summed E-state index contributed by atoms with van der Waals surface area (Å²) >= 11 is 0. The second kappa shape index (κ2) is 6.63. The zero-order chi connectivity index (χ0) is 15.3. The highest BCUT2D eigenvalue weighted by Gasteiger charge is 2.05. The van der Waals surface area contributed by atoms with Crippen molar-refractivity contribution in [3.63, 3.8) is 0 Å². The van der Waals surface area contributed by atoms with E-state index in [4.69, 9.17) is 4.74 Å². The molecule has 5 heteroatoms. The molecule has 0 spiro atoms. The van der Waals surface area contributed by atoms with Gasteiger partial charge in [-0.15, -0.1) is 0 Å². The van der Waals surface area contributed by atoms with Crippen LogP contribution in [-0.4, -0.2) is 28.3 Å². The van der Waals surface area contributed by atoms with Gasteiger partial charge < -0.3 is 10.1 Å². The van der Waals surface area contributed by atoms with Gasteiger partial charge in [-0.25, -0.2) is 8.42 Å². The molecule has 0 aliphatic heterocycles. The summed E-state index contributed by atoms with van der Waals surface area (Å²) in [6.07, 6.45) is 2.07. The van der Waals surface area contributed by atoms with Gasteiger partial charge in [-0.2, -0.15) is 0 Å². The molecule has 2 aromatic carbocycles. The predicted molar refractivity (Wildman–Crippen MR) is 84.7 cm³/mol. The number of methoxy groups -OCH3 is 1. The predicted octanol–water partition coefficient (Wildman–Crippen LogP) is 2.75. The van der Waals surface area contributed by atoms with Crippen LogP contribution in [-0.2, 0) is 16.3 Å². The van der Waals surface area contributed by atoms with E-state index in [0.29, 0.717) is 4.90 Å². The minimum atomic E-state index is -3.13. The molecule has 0 aliphatic carbocycles. The third-order valence-electron chi connectivity index (χ3n) is 3.16. The fourth-order valence-corrected chi connectivity index (χ4v) is 2.63. The summed E-state index contributed by atoms with van der Waals surface area (Å²) < 4.78 is 27.9. The average Bonchev–Trinajstić information content (AvgIpc) is 2.47. The molecule has 0 saturated carbocycles. The van der Waals surface area contributed by atoms with Crippen molar-refractivity contribution in [3.05, 3.63) is 54.1 Å². The van der Waals surface area contributed by atoms with Gasteiger partial charge in [0.15, 0.2) is 9.84 Å². The van der Waals surface area contributed by atoms with Crippen molar-refractivity contribution in [3.8, 4) is 5.75 Å². The third-order valence-corrected chi connectivity index (χ3v) is 4.29. The summed E-state index contributed by atoms with van der Waals surface area (Å²) in [6.45, 7) is 0.769. The molecule has 0 amide bonds. The number of hydrogen-bond acceptors (Lipinski definition) is 4. The highest BCUT2D eigenvalue weighted by molar-refractivity contribution is 7.90. The molecule has 0 unspecified atom stereocenters. The number of nitrogens with one attached hydrogen (secondary N) is 1. The van der Waals surface area contributed by atoms with Gasteiger partial charge >= 0.3 is 0 Å². The second-order valence-electron chi connectivity index (χ2n) is 4.82. The summed E-state index contributed by atoms with van der Waals surface area (Å²) in [5, 5.41) is 3.27. The molecule has 0 aromatic heterocycles. The van der Waals surface area contributed by atoms with Crippen molar-refractivity contribution in [2.75, 3.05) is 25.2 Å². The molecule has 2 aromatic rings. The number of hydrogen-bond donors (Lipinski definition) is 1. The first-order chi connectivity index (χ1) is 9.99. The van der Waals surface area contributed by atoms with Crippen molar-refractivity contribution >= 4 is 15.5 Å². The normalized spacial score (nSPS) is 11.1. The molecule has 0 saturated heterocycles. The lowest BCUT2D eigenvalue weighted by molar-refractivity contribution is 0.414. The molecular formula is C16H19NO3S. The van der Waals surface area contributed by atoms with Crippen LogP contribution in [0.25, 0.3) is 0 Å². The second-order valence-corrected chi connectivity index (χ2v) is 6.84. The smallest absolute Gasteiger partial charge is 0.175 e. The molecule has 21 heavy (non-hydrogen) atoms. The first-order valence-corrected chi connectivity index (χ1v) is 8.55. The molecule has 0 bridgehead atoms. The van der Waals surface area contributed by atoms with Gasteiger partial charge in [-0.05, 0) is 48.4 Å². The van der Waals surface area contributed by atoms with E-state index in [-0.39, 0.29) is 0 Å². The van der Waals surface area contributed by atoms with Crippen LogP contribution < -0.4 is 10.1 Å². The van der Waals surface area contributed by atoms with Crippen LogP contribution in [0.15, 0.2) is 53.4 Å². The number of anilines is 1. The van der Waals surface area contributed by atoms with E-state index in [1.165, 1.54) is 11.8 Å². The van der Waals surface area contributed by atoms with E-state index in [1.807, 2.05) is 18.2 Å². The van der Waals surface area contributed by atoms with Crippen molar-refractivity contribution in [2.45, 2.75) is 11.3 Å². The van der Waals surface area contributed by atoms with Crippen LogP contribution in [0.2, 0.25) is 0 Å². The van der Waals surface area contributed by atoms with E-state index in [9.17, 15) is 8.42 Å². The van der Waals surface area contributed by atoms with Gasteiger partial charge in [0.25, 0.3) is 0 Å². The van der Waals surface area contributed by atoms with Crippen molar-refractivity contribution < 1.29 is 13.2 Å². The van der Waals surface area contributed by atoms with E-state index in [0.717, 1.165) is 24.4 Å². The van der Waals surface area contributed by atoms with Crippen molar-refractivity contribution in [1.82, 2.24) is 0 Å². The minimum absolute atomic E-state index is 0.334. The molecule has 1 N–H and O–H groups in total. The third kappa shape index (κ3) is 4.49. The standard InChI is InChI=1S/C16H19NO3S/c1-20-15-5-3-4-13(12-15)10-11-17-14-6-8-16(9-7-14)21(2,18)19/h3-9,12,17H,10-11H2,1-2H3. The Kier molecular flexibility index (Phi) is 4.85. The van der Waals surface area contributed by atoms with Gasteiger partial charge in [-0.3, -0.25) is 0 Å². The zero-order valence-corrected chi connectivity index (χ0v) is 13.0. The van der Waals surface area contributed by atoms with Gasteiger partial charge in [0.1, 0.15) is 5.75 Å². The van der Waals surface area contributed by atoms with Crippen LogP contribution in [0.3, 0.4) is 0 Å². The highest BCUT2D eigenvalue weighted by Crippen LogP contribution is 2.15. The number of rotatable bonds is 6. The number of sulfone groups is 1. The van der Waals surface area contributed by atoms with E-state index >= 15 is 0 Å². The Hall–Kier alpha value is -2.01. The number of benzene rings is 2. The quantitative estimate of drug-likeness (QED) is 0.891. The molecule has 0 fully saturated rings. The SMILES string of the molecule is COc1cccc(CCNc2ccc(S(C)(=O)=O)cc2)c1. The van der Waals surface area contributed by atoms with Crippen molar-refractivity contribution in [1.29, 1.82) is 0 Å². The van der Waals surface area contributed by atoms with E-state index < -0.39 is 9.84 Å². The zero-order valence-electron chi connectivity index (χ0n) is 12.2. The van der Waals surface area contributed by atoms with E-state index in [1.54, 1.807) is 31.4 Å². The lowest BCUT2D eigenvalue weighted by atomic mass is 10.1. The summed E-state index contributed by atoms with van der Waals surface area (Å²) in [5.74, 6) is 0.852. The molecule has 0 radical (unpaired) electrons. The molecule has 112 valence electrons. The number of ether oxygens (including phenoxy) is 1. The molecule has 0 heterocycles. The first kappa shape index (κ1) is 15.4. The van der Waals surface area contributed by atoms with Crippen LogP contribution in [0.4, 0.5) is 5.69 Å². The minimum Gasteiger partial charge on any atom is -0.497 e. The van der Waals surface area contributed by atoms with E-state index in [2.05, 4.69) is 11.4 Å². The average molecular weight is 305 g/mol. The summed E-state index contributed by atoms with van der Waals surface area (Å²) in [5.41, 5.74) is 2.10. The maximum Gasteiger partial charge on any atom is 0.175 e. The Balaban J connectivity index is 1.91. The fourth-order valence-electron chi connectivity index (χ4n) is 2.00. The van der Waals surface area contributed by atoms with Gasteiger partial charge in [0, 0.05) is 18.5 Å². The Bertz CT molecular complexity index is 694. The summed E-state index contributed by atoms with van der Waals surface area (Å²) in [7, 11) is -1.48. The van der Waals surface area contributed by atoms with Gasteiger partial charge in [-0.1, -0.05) is 12.1 Å². The lowest BCUT2D eigenvalue weighted by Gasteiger charge is -2.08. The maximum absolute atomic E-state index is 11.4. The molecule has 4 nitrogen and oxygen atoms in total. The molecule has 2 rings (SSSR count). The summed E-state index contributed by atoms with van der Waals surface area (Å²) in [4.78, 5) is 0.334. The molecule has 0 aliphatic rings. The molecular weight excluding hydrogens is 286 g/mol. The van der Waals surface area contributed by atoms with Crippen molar-refractivity contribution in [2.24, 2.45) is 0 Å². The van der Waals surface area contributed by atoms with Crippen LogP contribution in [0.5, 0.6) is 5.75 Å². The Morgan fingerprint density at radius 1 is 1.10 bits per heavy atom. The van der Waals surface area contributed by atoms with Crippen LogP contribution in [0.1, 0.15) is 5.56 Å². The van der Waals surface area contributed by atoms with Gasteiger partial charge in [0.05, 0.1) is 12.0 Å². The Morgan fingerprint density at radius 3 is 2.43 bits per heavy atom. The Morgan fingerprint density at radius 2 is 1.81 bits per heavy atom. The summed E-state index contributed by atoms with van der Waals surface area (Å²) in [6, 6.07) is 14.7.